The van der Waals surface area contributed by atoms with E-state index in [4.69, 9.17) is 11.6 Å². The normalized spacial score (nSPS) is 9.81. The van der Waals surface area contributed by atoms with E-state index in [9.17, 15) is 0 Å². The van der Waals surface area contributed by atoms with E-state index in [1.165, 1.54) is 0 Å². The molecule has 0 bridgehead atoms. The Morgan fingerprint density at radius 3 is 2.62 bits per heavy atom. The van der Waals surface area contributed by atoms with Gasteiger partial charge >= 0.3 is 0 Å². The fraction of sp³-hybridized carbons (Fsp3) is 0. The maximum absolute atomic E-state index is 5.97. The molecule has 0 radical (unpaired) electrons. The van der Waals surface area contributed by atoms with Crippen LogP contribution in [0.5, 0.6) is 0 Å². The van der Waals surface area contributed by atoms with Crippen LogP contribution in [0.4, 0.5) is 11.4 Å². The Morgan fingerprint density at radius 2 is 1.88 bits per heavy atom. The zero-order valence-electron chi connectivity index (χ0n) is 8.65. The first kappa shape index (κ1) is 10.7. The molecule has 0 aliphatic carbocycles. The average Bonchev–Trinajstić information content (AvgIpc) is 2.33. The fourth-order valence-corrected chi connectivity index (χ4v) is 1.58. The number of rotatable bonds is 3. The number of nitrogens with one attached hydrogen (secondary N) is 1. The van der Waals surface area contributed by atoms with Gasteiger partial charge in [0, 0.05) is 11.9 Å². The van der Waals surface area contributed by atoms with Crippen LogP contribution in [0, 0.1) is 0 Å². The molecule has 0 amide bonds. The Balaban J connectivity index is 2.34. The SMILES string of the molecule is C=Cc1ccccc1Nc1cccnc1Cl. The molecule has 0 fully saturated rings. The summed E-state index contributed by atoms with van der Waals surface area (Å²) in [6.45, 7) is 3.77. The monoisotopic (exact) mass is 230 g/mol. The first-order valence-corrected chi connectivity index (χ1v) is 5.28. The second-order valence-electron chi connectivity index (χ2n) is 3.26. The van der Waals surface area contributed by atoms with E-state index < -0.39 is 0 Å². The van der Waals surface area contributed by atoms with Gasteiger partial charge in [-0.25, -0.2) is 4.98 Å². The smallest absolute Gasteiger partial charge is 0.152 e. The van der Waals surface area contributed by atoms with Crippen LogP contribution >= 0.6 is 11.6 Å². The van der Waals surface area contributed by atoms with Crippen molar-refractivity contribution >= 4 is 29.1 Å². The van der Waals surface area contributed by atoms with E-state index in [-0.39, 0.29) is 0 Å². The summed E-state index contributed by atoms with van der Waals surface area (Å²) in [6, 6.07) is 11.6. The van der Waals surface area contributed by atoms with Gasteiger partial charge in [0.1, 0.15) is 0 Å². The van der Waals surface area contributed by atoms with Gasteiger partial charge in [0.15, 0.2) is 5.15 Å². The predicted octanol–water partition coefficient (Wildman–Crippen LogP) is 4.12. The quantitative estimate of drug-likeness (QED) is 0.803. The molecule has 0 unspecified atom stereocenters. The molecule has 0 saturated heterocycles. The Kier molecular flexibility index (Phi) is 3.22. The number of nitrogens with zero attached hydrogens (tertiary/aromatic N) is 1. The molecule has 1 aromatic heterocycles. The maximum Gasteiger partial charge on any atom is 0.152 e. The lowest BCUT2D eigenvalue weighted by atomic mass is 10.1. The van der Waals surface area contributed by atoms with E-state index in [0.717, 1.165) is 16.9 Å². The Bertz CT molecular complexity index is 509. The number of pyridine rings is 1. The summed E-state index contributed by atoms with van der Waals surface area (Å²) >= 11 is 5.97. The number of hydrogen-bond donors (Lipinski definition) is 1. The minimum atomic E-state index is 0.460. The molecular formula is C13H11ClN2. The molecular weight excluding hydrogens is 220 g/mol. The molecule has 0 spiro atoms. The fourth-order valence-electron chi connectivity index (χ4n) is 1.41. The van der Waals surface area contributed by atoms with Crippen LogP contribution in [0.2, 0.25) is 5.15 Å². The van der Waals surface area contributed by atoms with Gasteiger partial charge in [-0.1, -0.05) is 42.5 Å². The van der Waals surface area contributed by atoms with E-state index in [0.29, 0.717) is 5.15 Å². The standard InChI is InChI=1S/C13H11ClN2/c1-2-10-6-3-4-7-11(10)16-12-8-5-9-15-13(12)14/h2-9,16H,1H2. The van der Waals surface area contributed by atoms with Gasteiger partial charge in [-0.2, -0.15) is 0 Å². The summed E-state index contributed by atoms with van der Waals surface area (Å²) in [5, 5.41) is 3.69. The summed E-state index contributed by atoms with van der Waals surface area (Å²) in [7, 11) is 0. The van der Waals surface area contributed by atoms with Gasteiger partial charge in [0.2, 0.25) is 0 Å². The molecule has 0 aliphatic rings. The van der Waals surface area contributed by atoms with E-state index in [1.807, 2.05) is 36.4 Å². The van der Waals surface area contributed by atoms with Gasteiger partial charge in [0.25, 0.3) is 0 Å². The van der Waals surface area contributed by atoms with Crippen molar-refractivity contribution in [3.63, 3.8) is 0 Å². The number of hydrogen-bond acceptors (Lipinski definition) is 2. The summed E-state index contributed by atoms with van der Waals surface area (Å²) in [5.74, 6) is 0. The molecule has 2 rings (SSSR count). The summed E-state index contributed by atoms with van der Waals surface area (Å²) in [5.41, 5.74) is 2.79. The third-order valence-electron chi connectivity index (χ3n) is 2.21. The lowest BCUT2D eigenvalue weighted by Gasteiger charge is -2.09. The molecule has 16 heavy (non-hydrogen) atoms. The Morgan fingerprint density at radius 1 is 1.12 bits per heavy atom. The molecule has 2 aromatic rings. The minimum Gasteiger partial charge on any atom is -0.353 e. The van der Waals surface area contributed by atoms with Crippen LogP contribution in [0.1, 0.15) is 5.56 Å². The van der Waals surface area contributed by atoms with Crippen molar-refractivity contribution in [2.75, 3.05) is 5.32 Å². The third kappa shape index (κ3) is 2.23. The van der Waals surface area contributed by atoms with Gasteiger partial charge in [-0.3, -0.25) is 0 Å². The number of halogens is 1. The number of benzene rings is 1. The molecule has 80 valence electrons. The molecule has 0 saturated carbocycles. The first-order chi connectivity index (χ1) is 7.81. The molecule has 0 aliphatic heterocycles. The van der Waals surface area contributed by atoms with Crippen molar-refractivity contribution in [2.24, 2.45) is 0 Å². The van der Waals surface area contributed by atoms with Gasteiger partial charge in [-0.05, 0) is 23.8 Å². The summed E-state index contributed by atoms with van der Waals surface area (Å²) in [6.07, 6.45) is 3.46. The summed E-state index contributed by atoms with van der Waals surface area (Å²) < 4.78 is 0. The van der Waals surface area contributed by atoms with Gasteiger partial charge < -0.3 is 5.32 Å². The van der Waals surface area contributed by atoms with Crippen LogP contribution in [0.15, 0.2) is 49.2 Å². The van der Waals surface area contributed by atoms with E-state index in [2.05, 4.69) is 16.9 Å². The molecule has 0 atom stereocenters. The van der Waals surface area contributed by atoms with Gasteiger partial charge in [0.05, 0.1) is 5.69 Å². The zero-order valence-corrected chi connectivity index (χ0v) is 9.41. The van der Waals surface area contributed by atoms with Crippen molar-refractivity contribution in [3.8, 4) is 0 Å². The zero-order chi connectivity index (χ0) is 11.4. The second-order valence-corrected chi connectivity index (χ2v) is 3.62. The molecule has 1 aromatic carbocycles. The summed E-state index contributed by atoms with van der Waals surface area (Å²) in [4.78, 5) is 4.01. The van der Waals surface area contributed by atoms with Crippen molar-refractivity contribution in [1.29, 1.82) is 0 Å². The molecule has 1 heterocycles. The highest BCUT2D eigenvalue weighted by atomic mass is 35.5. The largest absolute Gasteiger partial charge is 0.353 e. The topological polar surface area (TPSA) is 24.9 Å². The highest BCUT2D eigenvalue weighted by Gasteiger charge is 2.02. The third-order valence-corrected chi connectivity index (χ3v) is 2.51. The highest BCUT2D eigenvalue weighted by Crippen LogP contribution is 2.25. The van der Waals surface area contributed by atoms with Crippen molar-refractivity contribution in [3.05, 3.63) is 59.9 Å². The van der Waals surface area contributed by atoms with Crippen LogP contribution in [0.3, 0.4) is 0 Å². The number of aromatic nitrogens is 1. The van der Waals surface area contributed by atoms with Crippen molar-refractivity contribution in [2.45, 2.75) is 0 Å². The first-order valence-electron chi connectivity index (χ1n) is 4.90. The number of anilines is 2. The maximum atomic E-state index is 5.97. The lowest BCUT2D eigenvalue weighted by Crippen LogP contribution is -1.94. The predicted molar refractivity (Wildman–Crippen MR) is 69.1 cm³/mol. The lowest BCUT2D eigenvalue weighted by molar-refractivity contribution is 1.32. The Hall–Kier alpha value is -1.80. The Labute approximate surface area is 99.6 Å². The van der Waals surface area contributed by atoms with Crippen LogP contribution in [-0.2, 0) is 0 Å². The number of para-hydroxylation sites is 1. The van der Waals surface area contributed by atoms with Crippen molar-refractivity contribution < 1.29 is 0 Å². The van der Waals surface area contributed by atoms with Gasteiger partial charge in [-0.15, -0.1) is 0 Å². The van der Waals surface area contributed by atoms with E-state index >= 15 is 0 Å². The molecule has 3 heteroatoms. The van der Waals surface area contributed by atoms with Crippen LogP contribution in [-0.4, -0.2) is 4.98 Å². The van der Waals surface area contributed by atoms with E-state index in [1.54, 1.807) is 12.3 Å². The molecule has 1 N–H and O–H groups in total. The minimum absolute atomic E-state index is 0.460. The average molecular weight is 231 g/mol. The second kappa shape index (κ2) is 4.81. The highest BCUT2D eigenvalue weighted by molar-refractivity contribution is 6.32. The van der Waals surface area contributed by atoms with Crippen molar-refractivity contribution in [1.82, 2.24) is 4.98 Å². The van der Waals surface area contributed by atoms with Crippen LogP contribution < -0.4 is 5.32 Å². The molecule has 2 nitrogen and oxygen atoms in total. The van der Waals surface area contributed by atoms with Crippen LogP contribution in [0.25, 0.3) is 6.08 Å².